The number of hydrogen-bond acceptors (Lipinski definition) is 5. The average Bonchev–Trinajstić information content (AvgIpc) is 2.95. The van der Waals surface area contributed by atoms with E-state index in [0.717, 1.165) is 4.88 Å². The van der Waals surface area contributed by atoms with Crippen molar-refractivity contribution in [3.8, 4) is 0 Å². The molecule has 0 spiro atoms. The minimum atomic E-state index is -3.70. The summed E-state index contributed by atoms with van der Waals surface area (Å²) in [5.41, 5.74) is 0. The van der Waals surface area contributed by atoms with Crippen LogP contribution >= 0.6 is 38.9 Å². The number of thiophene rings is 1. The summed E-state index contributed by atoms with van der Waals surface area (Å²) < 4.78 is 31.8. The van der Waals surface area contributed by atoms with Crippen LogP contribution in [0.1, 0.15) is 10.6 Å². The van der Waals surface area contributed by atoms with Crippen LogP contribution in [-0.2, 0) is 23.2 Å². The number of furan rings is 1. The van der Waals surface area contributed by atoms with E-state index in [1.807, 2.05) is 0 Å². The molecule has 0 aliphatic rings. The maximum absolute atomic E-state index is 12.4. The predicted octanol–water partition coefficient (Wildman–Crippen LogP) is 3.07. The lowest BCUT2D eigenvalue weighted by Crippen LogP contribution is -2.26. The SMILES string of the molecule is CN(Cc1ccc(Cl)s1)S(=O)(=O)c1cc(CO)oc1Br. The number of aliphatic hydroxyl groups is 1. The average molecular weight is 401 g/mol. The maximum Gasteiger partial charge on any atom is 0.247 e. The van der Waals surface area contributed by atoms with Crippen LogP contribution in [0.2, 0.25) is 4.34 Å². The lowest BCUT2D eigenvalue weighted by Gasteiger charge is -2.15. The van der Waals surface area contributed by atoms with Gasteiger partial charge in [-0.15, -0.1) is 11.3 Å². The molecule has 0 saturated carbocycles. The number of sulfonamides is 1. The topological polar surface area (TPSA) is 70.8 Å². The Kier molecular flexibility index (Phi) is 4.93. The third kappa shape index (κ3) is 3.26. The summed E-state index contributed by atoms with van der Waals surface area (Å²) >= 11 is 10.2. The Morgan fingerprint density at radius 2 is 2.20 bits per heavy atom. The van der Waals surface area contributed by atoms with Gasteiger partial charge < -0.3 is 9.52 Å². The van der Waals surface area contributed by atoms with Crippen molar-refractivity contribution < 1.29 is 17.9 Å². The fraction of sp³-hybridized carbons (Fsp3) is 0.273. The third-order valence-electron chi connectivity index (χ3n) is 2.56. The molecule has 0 amide bonds. The molecule has 0 unspecified atom stereocenters. The van der Waals surface area contributed by atoms with Crippen molar-refractivity contribution in [2.45, 2.75) is 18.0 Å². The molecule has 0 aromatic carbocycles. The highest BCUT2D eigenvalue weighted by atomic mass is 79.9. The lowest BCUT2D eigenvalue weighted by molar-refractivity contribution is 0.245. The van der Waals surface area contributed by atoms with Crippen molar-refractivity contribution in [1.82, 2.24) is 4.31 Å². The van der Waals surface area contributed by atoms with Crippen LogP contribution in [0.15, 0.2) is 32.2 Å². The Morgan fingerprint density at radius 3 is 2.70 bits per heavy atom. The van der Waals surface area contributed by atoms with E-state index in [0.29, 0.717) is 4.34 Å². The number of halogens is 2. The third-order valence-corrected chi connectivity index (χ3v) is 6.43. The van der Waals surface area contributed by atoms with Crippen molar-refractivity contribution in [2.75, 3.05) is 7.05 Å². The lowest BCUT2D eigenvalue weighted by atomic mass is 10.5. The molecular formula is C11H11BrClNO4S2. The van der Waals surface area contributed by atoms with Crippen molar-refractivity contribution in [1.29, 1.82) is 0 Å². The Bertz CT molecular complexity index is 710. The number of aliphatic hydroxyl groups excluding tert-OH is 1. The molecule has 9 heteroatoms. The van der Waals surface area contributed by atoms with Gasteiger partial charge in [0.1, 0.15) is 17.3 Å². The van der Waals surface area contributed by atoms with E-state index in [4.69, 9.17) is 21.1 Å². The van der Waals surface area contributed by atoms with Gasteiger partial charge in [0.25, 0.3) is 0 Å². The normalized spacial score (nSPS) is 12.2. The number of rotatable bonds is 5. The van der Waals surface area contributed by atoms with E-state index in [1.165, 1.54) is 28.8 Å². The largest absolute Gasteiger partial charge is 0.450 e. The first kappa shape index (κ1) is 16.0. The fourth-order valence-corrected chi connectivity index (χ4v) is 4.89. The zero-order valence-electron chi connectivity index (χ0n) is 10.3. The summed E-state index contributed by atoms with van der Waals surface area (Å²) in [6.45, 7) is -0.149. The molecule has 1 N–H and O–H groups in total. The second-order valence-electron chi connectivity index (χ2n) is 3.98. The Labute approximate surface area is 134 Å². The second kappa shape index (κ2) is 6.17. The zero-order chi connectivity index (χ0) is 14.9. The van der Waals surface area contributed by atoms with Gasteiger partial charge >= 0.3 is 0 Å². The van der Waals surface area contributed by atoms with Gasteiger partial charge in [-0.1, -0.05) is 11.6 Å². The van der Waals surface area contributed by atoms with Crippen LogP contribution < -0.4 is 0 Å². The van der Waals surface area contributed by atoms with Gasteiger partial charge in [-0.3, -0.25) is 0 Å². The monoisotopic (exact) mass is 399 g/mol. The summed E-state index contributed by atoms with van der Waals surface area (Å²) in [5, 5.41) is 8.98. The Morgan fingerprint density at radius 1 is 1.50 bits per heavy atom. The first-order valence-electron chi connectivity index (χ1n) is 5.44. The summed E-state index contributed by atoms with van der Waals surface area (Å²) in [4.78, 5) is 0.828. The van der Waals surface area contributed by atoms with Crippen LogP contribution in [0.4, 0.5) is 0 Å². The smallest absolute Gasteiger partial charge is 0.247 e. The molecule has 0 radical (unpaired) electrons. The molecule has 0 fully saturated rings. The van der Waals surface area contributed by atoms with Crippen LogP contribution in [0.5, 0.6) is 0 Å². The molecule has 0 saturated heterocycles. The molecule has 2 aromatic rings. The summed E-state index contributed by atoms with van der Waals surface area (Å²) in [7, 11) is -2.23. The molecule has 20 heavy (non-hydrogen) atoms. The van der Waals surface area contributed by atoms with Crippen LogP contribution in [0.3, 0.4) is 0 Å². The number of nitrogens with zero attached hydrogens (tertiary/aromatic N) is 1. The quantitative estimate of drug-likeness (QED) is 0.837. The van der Waals surface area contributed by atoms with Gasteiger partial charge in [0.05, 0.1) is 4.34 Å². The highest BCUT2D eigenvalue weighted by molar-refractivity contribution is 9.10. The molecule has 0 bridgehead atoms. The summed E-state index contributed by atoms with van der Waals surface area (Å²) in [6.07, 6.45) is 0. The van der Waals surface area contributed by atoms with E-state index in [9.17, 15) is 8.42 Å². The highest BCUT2D eigenvalue weighted by Crippen LogP contribution is 2.30. The van der Waals surface area contributed by atoms with Gasteiger partial charge in [-0.05, 0) is 28.1 Å². The first-order valence-corrected chi connectivity index (χ1v) is 8.87. The minimum absolute atomic E-state index is 0.00768. The summed E-state index contributed by atoms with van der Waals surface area (Å²) in [6, 6.07) is 4.81. The molecule has 0 atom stereocenters. The maximum atomic E-state index is 12.4. The van der Waals surface area contributed by atoms with Crippen LogP contribution in [0, 0.1) is 0 Å². The van der Waals surface area contributed by atoms with Gasteiger partial charge in [-0.25, -0.2) is 8.42 Å². The molecular weight excluding hydrogens is 390 g/mol. The highest BCUT2D eigenvalue weighted by Gasteiger charge is 2.27. The standard InChI is InChI=1S/C11H11BrClNO4S2/c1-14(5-8-2-3-10(13)19-8)20(16,17)9-4-7(6-15)18-11(9)12/h2-4,15H,5-6H2,1H3. The van der Waals surface area contributed by atoms with Crippen molar-refractivity contribution in [2.24, 2.45) is 0 Å². The van der Waals surface area contributed by atoms with E-state index in [1.54, 1.807) is 12.1 Å². The van der Waals surface area contributed by atoms with E-state index >= 15 is 0 Å². The van der Waals surface area contributed by atoms with E-state index in [-0.39, 0.29) is 28.5 Å². The molecule has 0 aliphatic heterocycles. The van der Waals surface area contributed by atoms with Gasteiger partial charge in [0, 0.05) is 24.5 Å². The minimum Gasteiger partial charge on any atom is -0.450 e. The zero-order valence-corrected chi connectivity index (χ0v) is 14.3. The van der Waals surface area contributed by atoms with E-state index in [2.05, 4.69) is 15.9 Å². The summed E-state index contributed by atoms with van der Waals surface area (Å²) in [5.74, 6) is 0.183. The van der Waals surface area contributed by atoms with E-state index < -0.39 is 10.0 Å². The molecule has 0 aliphatic carbocycles. The predicted molar refractivity (Wildman–Crippen MR) is 80.3 cm³/mol. The second-order valence-corrected chi connectivity index (χ2v) is 8.51. The number of hydrogen-bond donors (Lipinski definition) is 1. The van der Waals surface area contributed by atoms with Crippen LogP contribution in [0.25, 0.3) is 0 Å². The Balaban J connectivity index is 2.26. The molecule has 110 valence electrons. The van der Waals surface area contributed by atoms with Gasteiger partial charge in [-0.2, -0.15) is 4.31 Å². The van der Waals surface area contributed by atoms with Crippen molar-refractivity contribution in [3.05, 3.63) is 37.8 Å². The molecule has 2 rings (SSSR count). The van der Waals surface area contributed by atoms with Crippen molar-refractivity contribution in [3.63, 3.8) is 0 Å². The molecule has 2 heterocycles. The van der Waals surface area contributed by atoms with Gasteiger partial charge in [0.15, 0.2) is 4.67 Å². The molecule has 5 nitrogen and oxygen atoms in total. The fourth-order valence-electron chi connectivity index (χ4n) is 1.56. The van der Waals surface area contributed by atoms with Crippen LogP contribution in [-0.4, -0.2) is 24.9 Å². The van der Waals surface area contributed by atoms with Crippen molar-refractivity contribution >= 4 is 48.9 Å². The molecule has 2 aromatic heterocycles. The van der Waals surface area contributed by atoms with Gasteiger partial charge in [0.2, 0.25) is 10.0 Å². The Hall–Kier alpha value is -0.380. The first-order chi connectivity index (χ1) is 9.34.